The average molecular weight is 454 g/mol. The number of carbonyl (C=O) groups is 3. The first-order chi connectivity index (χ1) is 14.2. The minimum absolute atomic E-state index is 0.125. The van der Waals surface area contributed by atoms with Gasteiger partial charge in [0.25, 0.3) is 0 Å². The van der Waals surface area contributed by atoms with Gasteiger partial charge in [0.15, 0.2) is 5.16 Å². The van der Waals surface area contributed by atoms with Crippen molar-refractivity contribution in [3.8, 4) is 0 Å². The second-order valence-electron chi connectivity index (χ2n) is 5.95. The molecule has 10 nitrogen and oxygen atoms in total. The highest BCUT2D eigenvalue weighted by molar-refractivity contribution is 8.00. The Kier molecular flexibility index (Phi) is 8.00. The lowest BCUT2D eigenvalue weighted by atomic mass is 10.1. The largest absolute Gasteiger partial charge is 0.462 e. The quantitative estimate of drug-likeness (QED) is 0.308. The molecule has 0 aromatic carbocycles. The highest BCUT2D eigenvalue weighted by atomic mass is 32.2. The third-order valence-corrected chi connectivity index (χ3v) is 5.87. The van der Waals surface area contributed by atoms with Crippen LogP contribution in [0, 0.1) is 6.92 Å². The van der Waals surface area contributed by atoms with Crippen LogP contribution in [0.15, 0.2) is 11.2 Å². The van der Waals surface area contributed by atoms with Crippen molar-refractivity contribution in [3.05, 3.63) is 22.1 Å². The molecule has 12 heteroatoms. The number of thiophene rings is 1. The number of anilines is 3. The lowest BCUT2D eigenvalue weighted by molar-refractivity contribution is -0.115. The maximum Gasteiger partial charge on any atom is 0.348 e. The van der Waals surface area contributed by atoms with Crippen molar-refractivity contribution in [1.29, 1.82) is 0 Å². The predicted molar refractivity (Wildman–Crippen MR) is 116 cm³/mol. The Balaban J connectivity index is 2.28. The van der Waals surface area contributed by atoms with Gasteiger partial charge in [-0.1, -0.05) is 11.8 Å². The number of esters is 2. The monoisotopic (exact) mass is 453 g/mol. The van der Waals surface area contributed by atoms with Crippen LogP contribution in [0.1, 0.15) is 46.4 Å². The second-order valence-corrected chi connectivity index (χ2v) is 8.28. The summed E-state index contributed by atoms with van der Waals surface area (Å²) in [7, 11) is 0. The molecular formula is C18H23N5O5S2. The second kappa shape index (κ2) is 10.3. The summed E-state index contributed by atoms with van der Waals surface area (Å²) in [5.74, 6) is -1.25. The van der Waals surface area contributed by atoms with Gasteiger partial charge in [-0.3, -0.25) is 4.79 Å². The molecule has 2 rings (SSSR count). The van der Waals surface area contributed by atoms with E-state index in [9.17, 15) is 14.4 Å². The van der Waals surface area contributed by atoms with E-state index < -0.39 is 23.1 Å². The average Bonchev–Trinajstić information content (AvgIpc) is 2.97. The fourth-order valence-corrected chi connectivity index (χ4v) is 4.27. The van der Waals surface area contributed by atoms with E-state index in [1.807, 2.05) is 0 Å². The first kappa shape index (κ1) is 23.4. The Bertz CT molecular complexity index is 942. The zero-order chi connectivity index (χ0) is 22.4. The van der Waals surface area contributed by atoms with Crippen LogP contribution in [0.4, 0.5) is 16.6 Å². The lowest BCUT2D eigenvalue weighted by Crippen LogP contribution is -2.23. The van der Waals surface area contributed by atoms with Gasteiger partial charge >= 0.3 is 11.9 Å². The van der Waals surface area contributed by atoms with Crippen LogP contribution in [-0.2, 0) is 14.3 Å². The van der Waals surface area contributed by atoms with Gasteiger partial charge in [0.2, 0.25) is 5.91 Å². The van der Waals surface area contributed by atoms with Gasteiger partial charge in [0.05, 0.1) is 24.0 Å². The van der Waals surface area contributed by atoms with Crippen molar-refractivity contribution < 1.29 is 23.9 Å². The summed E-state index contributed by atoms with van der Waals surface area (Å²) in [4.78, 5) is 45.7. The molecule has 1 unspecified atom stereocenters. The van der Waals surface area contributed by atoms with Gasteiger partial charge in [0, 0.05) is 6.07 Å². The first-order valence-corrected chi connectivity index (χ1v) is 10.7. The molecule has 0 radical (unpaired) electrons. The van der Waals surface area contributed by atoms with Gasteiger partial charge < -0.3 is 26.3 Å². The third kappa shape index (κ3) is 5.60. The number of rotatable bonds is 8. The van der Waals surface area contributed by atoms with Gasteiger partial charge in [0.1, 0.15) is 21.5 Å². The van der Waals surface area contributed by atoms with Gasteiger partial charge in [-0.15, -0.1) is 11.3 Å². The Morgan fingerprint density at radius 1 is 1.13 bits per heavy atom. The number of amides is 1. The number of nitrogens with one attached hydrogen (secondary N) is 1. The zero-order valence-corrected chi connectivity index (χ0v) is 18.6. The number of nitrogens with zero attached hydrogens (tertiary/aromatic N) is 2. The van der Waals surface area contributed by atoms with Crippen LogP contribution in [0.25, 0.3) is 0 Å². The van der Waals surface area contributed by atoms with E-state index in [0.29, 0.717) is 5.56 Å². The van der Waals surface area contributed by atoms with Crippen LogP contribution in [0.3, 0.4) is 0 Å². The summed E-state index contributed by atoms with van der Waals surface area (Å²) in [5, 5.41) is 2.50. The molecule has 0 fully saturated rings. The third-order valence-electron chi connectivity index (χ3n) is 3.72. The number of aromatic nitrogens is 2. The zero-order valence-electron chi connectivity index (χ0n) is 17.0. The highest BCUT2D eigenvalue weighted by Crippen LogP contribution is 2.35. The summed E-state index contributed by atoms with van der Waals surface area (Å²) in [6, 6.07) is 1.41. The molecule has 0 aliphatic rings. The number of thioether (sulfide) groups is 1. The Labute approximate surface area is 181 Å². The minimum Gasteiger partial charge on any atom is -0.462 e. The van der Waals surface area contributed by atoms with Crippen molar-refractivity contribution in [1.82, 2.24) is 9.97 Å². The first-order valence-electron chi connectivity index (χ1n) is 9.03. The smallest absolute Gasteiger partial charge is 0.348 e. The maximum absolute atomic E-state index is 12.7. The number of nitrogen functional groups attached to an aromatic ring is 2. The normalized spacial score (nSPS) is 11.6. The number of hydrogen-bond donors (Lipinski definition) is 3. The molecule has 162 valence electrons. The molecule has 1 atom stereocenters. The van der Waals surface area contributed by atoms with Gasteiger partial charge in [-0.25, -0.2) is 19.6 Å². The molecule has 2 heterocycles. The molecule has 0 bridgehead atoms. The summed E-state index contributed by atoms with van der Waals surface area (Å²) in [6.45, 7) is 6.92. The fourth-order valence-electron chi connectivity index (χ4n) is 2.38. The predicted octanol–water partition coefficient (Wildman–Crippen LogP) is 2.48. The molecular weight excluding hydrogens is 430 g/mol. The molecule has 5 N–H and O–H groups in total. The van der Waals surface area contributed by atoms with Crippen LogP contribution >= 0.6 is 23.1 Å². The molecule has 0 spiro atoms. The Morgan fingerprint density at radius 3 is 2.27 bits per heavy atom. The Hall–Kier alpha value is -2.86. The molecule has 0 saturated heterocycles. The molecule has 2 aromatic rings. The summed E-state index contributed by atoms with van der Waals surface area (Å²) >= 11 is 2.01. The summed E-state index contributed by atoms with van der Waals surface area (Å²) < 4.78 is 10.1. The molecule has 2 aromatic heterocycles. The van der Waals surface area contributed by atoms with Crippen LogP contribution in [0.5, 0.6) is 0 Å². The van der Waals surface area contributed by atoms with E-state index in [4.69, 9.17) is 20.9 Å². The van der Waals surface area contributed by atoms with E-state index in [1.54, 1.807) is 27.7 Å². The molecule has 1 amide bonds. The molecule has 30 heavy (non-hydrogen) atoms. The number of nitrogens with two attached hydrogens (primary N) is 2. The van der Waals surface area contributed by atoms with Gasteiger partial charge in [-0.2, -0.15) is 0 Å². The molecule has 0 aliphatic heterocycles. The van der Waals surface area contributed by atoms with E-state index in [0.717, 1.165) is 23.1 Å². The van der Waals surface area contributed by atoms with E-state index in [1.165, 1.54) is 6.07 Å². The summed E-state index contributed by atoms with van der Waals surface area (Å²) in [5.41, 5.74) is 11.8. The maximum atomic E-state index is 12.7. The number of carbonyl (C=O) groups excluding carboxylic acids is 3. The summed E-state index contributed by atoms with van der Waals surface area (Å²) in [6.07, 6.45) is 0. The van der Waals surface area contributed by atoms with E-state index in [-0.39, 0.29) is 45.4 Å². The van der Waals surface area contributed by atoms with Crippen molar-refractivity contribution in [2.75, 3.05) is 30.0 Å². The van der Waals surface area contributed by atoms with Crippen molar-refractivity contribution >= 4 is 57.6 Å². The molecule has 0 aliphatic carbocycles. The van der Waals surface area contributed by atoms with E-state index in [2.05, 4.69) is 15.3 Å². The number of hydrogen-bond acceptors (Lipinski definition) is 11. The molecule has 0 saturated carbocycles. The van der Waals surface area contributed by atoms with Crippen LogP contribution < -0.4 is 16.8 Å². The standard InChI is InChI=1S/C18H23N5O5S2/c1-5-27-16(25)12-8(3)13(17(26)28-6-2)30-15(12)23-14(24)9(4)29-18-21-10(19)7-11(20)22-18/h7,9H,5-6H2,1-4H3,(H,23,24)(H4,19,20,21,22). The van der Waals surface area contributed by atoms with Crippen molar-refractivity contribution in [2.45, 2.75) is 38.1 Å². The number of ether oxygens (including phenoxy) is 2. The van der Waals surface area contributed by atoms with Crippen molar-refractivity contribution in [2.24, 2.45) is 0 Å². The topological polar surface area (TPSA) is 160 Å². The van der Waals surface area contributed by atoms with Crippen molar-refractivity contribution in [3.63, 3.8) is 0 Å². The fraction of sp³-hybridized carbons (Fsp3) is 0.389. The lowest BCUT2D eigenvalue weighted by Gasteiger charge is -2.12. The SMILES string of the molecule is CCOC(=O)c1sc(NC(=O)C(C)Sc2nc(N)cc(N)n2)c(C(=O)OCC)c1C. The highest BCUT2D eigenvalue weighted by Gasteiger charge is 2.28. The van der Waals surface area contributed by atoms with Gasteiger partial charge in [-0.05, 0) is 33.3 Å². The minimum atomic E-state index is -0.644. The Morgan fingerprint density at radius 2 is 1.70 bits per heavy atom. The van der Waals surface area contributed by atoms with Crippen LogP contribution in [-0.4, -0.2) is 46.3 Å². The van der Waals surface area contributed by atoms with E-state index >= 15 is 0 Å². The van der Waals surface area contributed by atoms with Crippen LogP contribution in [0.2, 0.25) is 0 Å².